The summed E-state index contributed by atoms with van der Waals surface area (Å²) in [6, 6.07) is 69.4. The van der Waals surface area contributed by atoms with Crippen molar-refractivity contribution in [1.82, 2.24) is 0 Å². The third-order valence-electron chi connectivity index (χ3n) is 14.4. The summed E-state index contributed by atoms with van der Waals surface area (Å²) < 4.78 is 0. The van der Waals surface area contributed by atoms with Gasteiger partial charge in [-0.15, -0.1) is 6.58 Å². The van der Waals surface area contributed by atoms with E-state index in [9.17, 15) is 0 Å². The first-order valence-electron chi connectivity index (χ1n) is 25.3. The van der Waals surface area contributed by atoms with E-state index in [-0.39, 0.29) is 10.8 Å². The van der Waals surface area contributed by atoms with Gasteiger partial charge in [0, 0.05) is 0 Å². The van der Waals surface area contributed by atoms with Gasteiger partial charge >= 0.3 is 0 Å². The highest BCUT2D eigenvalue weighted by molar-refractivity contribution is 5.97. The first kappa shape index (κ1) is 49.1. The molecule has 5 aliphatic carbocycles. The summed E-state index contributed by atoms with van der Waals surface area (Å²) in [5.41, 5.74) is 31.0. The molecule has 0 radical (unpaired) electrons. The molecule has 8 aromatic carbocycles. The summed E-state index contributed by atoms with van der Waals surface area (Å²) in [5.74, 6) is 0.543. The molecule has 350 valence electrons. The predicted molar refractivity (Wildman–Crippen MR) is 303 cm³/mol. The van der Waals surface area contributed by atoms with E-state index in [1.165, 1.54) is 107 Å². The highest BCUT2D eigenvalue weighted by Gasteiger charge is 2.53. The van der Waals surface area contributed by atoms with Gasteiger partial charge in [0.15, 0.2) is 0 Å². The fourth-order valence-corrected chi connectivity index (χ4v) is 11.9. The molecule has 1 heteroatoms. The zero-order valence-corrected chi connectivity index (χ0v) is 42.6. The van der Waals surface area contributed by atoms with Crippen molar-refractivity contribution in [3.63, 3.8) is 0 Å². The van der Waals surface area contributed by atoms with E-state index < -0.39 is 0 Å². The Morgan fingerprint density at radius 3 is 1.26 bits per heavy atom. The van der Waals surface area contributed by atoms with Gasteiger partial charge < -0.3 is 5.73 Å². The van der Waals surface area contributed by atoms with Crippen LogP contribution in [-0.4, -0.2) is 7.05 Å². The third-order valence-corrected chi connectivity index (χ3v) is 14.4. The molecule has 1 nitrogen and oxygen atoms in total. The van der Waals surface area contributed by atoms with Gasteiger partial charge in [-0.1, -0.05) is 250 Å². The van der Waals surface area contributed by atoms with E-state index in [4.69, 9.17) is 0 Å². The molecular weight excluding hydrogens is 843 g/mol. The van der Waals surface area contributed by atoms with Crippen molar-refractivity contribution < 1.29 is 0 Å². The number of hydrogen-bond acceptors (Lipinski definition) is 1. The maximum absolute atomic E-state index is 4.50. The second-order valence-corrected chi connectivity index (χ2v) is 18.3. The van der Waals surface area contributed by atoms with Crippen LogP contribution in [0.15, 0.2) is 231 Å². The van der Waals surface area contributed by atoms with Crippen LogP contribution in [0.2, 0.25) is 0 Å². The minimum Gasteiger partial charge on any atom is -0.333 e. The number of nitrogens with two attached hydrogens (primary N) is 1. The smallest absolute Gasteiger partial charge is 0.0725 e. The first-order valence-corrected chi connectivity index (χ1v) is 25.3. The summed E-state index contributed by atoms with van der Waals surface area (Å²) in [4.78, 5) is 0. The van der Waals surface area contributed by atoms with Crippen LogP contribution in [-0.2, 0) is 10.8 Å². The normalized spacial score (nSPS) is 14.6. The largest absolute Gasteiger partial charge is 0.333 e. The maximum Gasteiger partial charge on any atom is 0.0725 e. The van der Waals surface area contributed by atoms with Crippen LogP contribution in [0.3, 0.4) is 0 Å². The monoisotopic (exact) mass is 912 g/mol. The second kappa shape index (κ2) is 21.5. The fraction of sp³-hybridized carbons (Fsp3) is 0.188. The average molecular weight is 912 g/mol. The molecule has 0 heterocycles. The number of benzene rings is 8. The number of fused-ring (bicyclic) bond motifs is 19. The van der Waals surface area contributed by atoms with Crippen LogP contribution in [0, 0.1) is 13.8 Å². The van der Waals surface area contributed by atoms with Crippen molar-refractivity contribution in [3.05, 3.63) is 292 Å². The lowest BCUT2D eigenvalue weighted by Gasteiger charge is -2.32. The Morgan fingerprint density at radius 1 is 0.471 bits per heavy atom. The van der Waals surface area contributed by atoms with E-state index in [2.05, 4.69) is 246 Å². The van der Waals surface area contributed by atoms with Crippen molar-refractivity contribution in [2.45, 2.75) is 78.1 Å². The lowest BCUT2D eigenvalue weighted by molar-refractivity contribution is 0.779. The molecular formula is C69H69N. The Labute approximate surface area is 419 Å². The Balaban J connectivity index is 0.000000142. The molecule has 0 amide bonds. The molecule has 2 N–H and O–H groups in total. The van der Waals surface area contributed by atoms with E-state index in [0.29, 0.717) is 5.92 Å². The van der Waals surface area contributed by atoms with E-state index in [1.54, 1.807) is 11.6 Å². The average Bonchev–Trinajstić information content (AvgIpc) is 4.09. The zero-order chi connectivity index (χ0) is 49.4. The summed E-state index contributed by atoms with van der Waals surface area (Å²) in [6.07, 6.45) is 13.1. The van der Waals surface area contributed by atoms with Gasteiger partial charge in [0.05, 0.1) is 10.8 Å². The molecule has 1 unspecified atom stereocenters. The third kappa shape index (κ3) is 8.07. The van der Waals surface area contributed by atoms with Gasteiger partial charge in [-0.25, -0.2) is 0 Å². The minimum absolute atomic E-state index is 0.138. The van der Waals surface area contributed by atoms with Crippen LogP contribution in [0.5, 0.6) is 0 Å². The van der Waals surface area contributed by atoms with Crippen molar-refractivity contribution in [2.24, 2.45) is 5.73 Å². The summed E-state index contributed by atoms with van der Waals surface area (Å²) in [6.45, 7) is 17.9. The predicted octanol–water partition coefficient (Wildman–Crippen LogP) is 17.9. The van der Waals surface area contributed by atoms with Crippen LogP contribution in [0.4, 0.5) is 0 Å². The second-order valence-electron chi connectivity index (χ2n) is 18.3. The molecule has 5 aliphatic rings. The molecule has 0 saturated heterocycles. The van der Waals surface area contributed by atoms with Crippen LogP contribution < -0.4 is 5.73 Å². The molecule has 1 atom stereocenters. The maximum atomic E-state index is 4.50. The Morgan fingerprint density at radius 2 is 0.829 bits per heavy atom. The molecule has 0 fully saturated rings. The Hall–Kier alpha value is -7.32. The minimum atomic E-state index is -0.189. The van der Waals surface area contributed by atoms with Crippen molar-refractivity contribution in [3.8, 4) is 33.4 Å². The highest BCUT2D eigenvalue weighted by atomic mass is 14.5. The molecule has 8 aromatic rings. The summed E-state index contributed by atoms with van der Waals surface area (Å²) in [5, 5.41) is 0. The van der Waals surface area contributed by atoms with E-state index >= 15 is 0 Å². The van der Waals surface area contributed by atoms with Gasteiger partial charge in [0.2, 0.25) is 0 Å². The quantitative estimate of drug-likeness (QED) is 0.172. The number of hydrogen-bond donors (Lipinski definition) is 1. The first-order chi connectivity index (χ1) is 34.4. The van der Waals surface area contributed by atoms with Crippen LogP contribution >= 0.6 is 0 Å². The molecule has 0 aliphatic heterocycles. The topological polar surface area (TPSA) is 26.0 Å². The van der Waals surface area contributed by atoms with Crippen molar-refractivity contribution in [1.29, 1.82) is 0 Å². The van der Waals surface area contributed by atoms with Crippen molar-refractivity contribution in [2.75, 3.05) is 7.05 Å². The van der Waals surface area contributed by atoms with Gasteiger partial charge in [0.1, 0.15) is 0 Å². The Kier molecular flexibility index (Phi) is 15.1. The van der Waals surface area contributed by atoms with Gasteiger partial charge in [0.25, 0.3) is 0 Å². The summed E-state index contributed by atoms with van der Waals surface area (Å²) >= 11 is 0. The SMILES string of the molecule is C/C=C\C(C)c1ccccc1.C=CC.CC.CN.Cc1ccc2c(c1)C1(C3=C2CCC=C3)c2ccccc2-c2ccccc21.Cc1ccc2c(c1)C1(c3ccccc3-c3ccccc31)c1ccccc1-2. The lowest BCUT2D eigenvalue weighted by Crippen LogP contribution is -2.27. The van der Waals surface area contributed by atoms with Crippen LogP contribution in [0.25, 0.3) is 39.0 Å². The Bertz CT molecular complexity index is 3120. The lowest BCUT2D eigenvalue weighted by atomic mass is 9.69. The molecule has 0 bridgehead atoms. The molecule has 0 aromatic heterocycles. The summed E-state index contributed by atoms with van der Waals surface area (Å²) in [7, 11) is 1.50. The fourth-order valence-electron chi connectivity index (χ4n) is 11.9. The van der Waals surface area contributed by atoms with Gasteiger partial charge in [-0.2, -0.15) is 0 Å². The van der Waals surface area contributed by atoms with E-state index in [1.807, 2.05) is 26.8 Å². The molecule has 2 spiro atoms. The van der Waals surface area contributed by atoms with E-state index in [0.717, 1.165) is 12.8 Å². The van der Waals surface area contributed by atoms with Gasteiger partial charge in [-0.05, 0) is 148 Å². The van der Waals surface area contributed by atoms with Crippen molar-refractivity contribution >= 4 is 5.57 Å². The number of allylic oxidation sites excluding steroid dienone is 7. The molecule has 13 rings (SSSR count). The number of aryl methyl sites for hydroxylation is 2. The van der Waals surface area contributed by atoms with Gasteiger partial charge in [-0.3, -0.25) is 0 Å². The molecule has 70 heavy (non-hydrogen) atoms. The van der Waals surface area contributed by atoms with Crippen LogP contribution in [0.1, 0.15) is 115 Å². The zero-order valence-electron chi connectivity index (χ0n) is 42.6. The highest BCUT2D eigenvalue weighted by Crippen LogP contribution is 2.64. The standard InChI is InChI=1S/C26H20.C26H18.C11H14.C3H6.C2H6.CH5N/c2*1-17-14-15-21-20-10-4-7-13-24(20)26(25(21)16-17)22-11-5-2-8-18(22)19-9-3-6-12-23(19)26;1-3-7-10(2)11-8-5-4-6-9-11;1-3-2;2*1-2/h2-3,5-9,11-16H,4,10H2,1H3;2-16H,1H3;3-10H,1-2H3;3H,1H2,2H3;1-2H3;2H2,1H3/b;;7-3-;;;. The molecule has 0 saturated carbocycles. The number of rotatable bonds is 2.